The van der Waals surface area contributed by atoms with Gasteiger partial charge in [0, 0.05) is 18.3 Å². The summed E-state index contributed by atoms with van der Waals surface area (Å²) >= 11 is 6.36. The average Bonchev–Trinajstić information content (AvgIpc) is 3.40. The van der Waals surface area contributed by atoms with Crippen molar-refractivity contribution in [1.29, 1.82) is 0 Å². The minimum atomic E-state index is -0.0898. The van der Waals surface area contributed by atoms with Gasteiger partial charge in [-0.25, -0.2) is 4.98 Å². The summed E-state index contributed by atoms with van der Waals surface area (Å²) in [5, 5.41) is 17.9. The standard InChI is InChI=1S/C21H31ClN8O/c1-13(2)26-20(31)16-4-3-5-18(16)28-19-17(22)11-24-21(29-19)27-14-10-25-30(12-14)15-6-8-23-9-7-15/h10-13,15-16,18,23H,3-9H2,1-2H3,(H,26,31)(H2,24,27,28,29)/t16-,18+/m0/s1. The van der Waals surface area contributed by atoms with Crippen molar-refractivity contribution in [2.75, 3.05) is 23.7 Å². The van der Waals surface area contributed by atoms with Crippen molar-refractivity contribution in [3.05, 3.63) is 23.6 Å². The van der Waals surface area contributed by atoms with E-state index in [1.807, 2.05) is 24.7 Å². The number of carbonyl (C=O) groups excluding carboxylic acids is 1. The third-order valence-electron chi connectivity index (χ3n) is 5.89. The fourth-order valence-corrected chi connectivity index (χ4v) is 4.49. The zero-order valence-corrected chi connectivity index (χ0v) is 18.8. The number of piperidine rings is 1. The van der Waals surface area contributed by atoms with Gasteiger partial charge < -0.3 is 21.3 Å². The van der Waals surface area contributed by atoms with Gasteiger partial charge in [-0.2, -0.15) is 10.1 Å². The Bertz CT molecular complexity index is 895. The number of hydrogen-bond donors (Lipinski definition) is 4. The maximum atomic E-state index is 12.5. The largest absolute Gasteiger partial charge is 0.365 e. The highest BCUT2D eigenvalue weighted by Gasteiger charge is 2.33. The van der Waals surface area contributed by atoms with Crippen LogP contribution in [0.2, 0.25) is 5.02 Å². The molecule has 2 aliphatic rings. The van der Waals surface area contributed by atoms with Gasteiger partial charge in [0.1, 0.15) is 5.02 Å². The number of nitrogens with zero attached hydrogens (tertiary/aromatic N) is 4. The summed E-state index contributed by atoms with van der Waals surface area (Å²) in [5.41, 5.74) is 0.835. The third kappa shape index (κ3) is 5.46. The third-order valence-corrected chi connectivity index (χ3v) is 6.17. The highest BCUT2D eigenvalue weighted by atomic mass is 35.5. The molecule has 1 saturated heterocycles. The number of halogens is 1. The fraction of sp³-hybridized carbons (Fsp3) is 0.619. The monoisotopic (exact) mass is 446 g/mol. The van der Waals surface area contributed by atoms with Crippen molar-refractivity contribution in [2.45, 2.75) is 64.1 Å². The van der Waals surface area contributed by atoms with E-state index in [2.05, 4.69) is 36.3 Å². The summed E-state index contributed by atoms with van der Waals surface area (Å²) in [6, 6.07) is 0.538. The molecular weight excluding hydrogens is 416 g/mol. The molecule has 31 heavy (non-hydrogen) atoms. The van der Waals surface area contributed by atoms with Crippen LogP contribution >= 0.6 is 11.6 Å². The van der Waals surface area contributed by atoms with Crippen LogP contribution in [0.4, 0.5) is 17.5 Å². The van der Waals surface area contributed by atoms with Crippen LogP contribution in [0.25, 0.3) is 0 Å². The summed E-state index contributed by atoms with van der Waals surface area (Å²) < 4.78 is 2.01. The summed E-state index contributed by atoms with van der Waals surface area (Å²) in [4.78, 5) is 21.4. The Labute approximate surface area is 187 Å². The van der Waals surface area contributed by atoms with Crippen molar-refractivity contribution in [3.8, 4) is 0 Å². The predicted octanol–water partition coefficient (Wildman–Crippen LogP) is 3.10. The van der Waals surface area contributed by atoms with Crippen LogP contribution in [0.3, 0.4) is 0 Å². The second kappa shape index (κ2) is 9.82. The van der Waals surface area contributed by atoms with Crippen LogP contribution in [0.15, 0.2) is 18.6 Å². The van der Waals surface area contributed by atoms with E-state index in [0.29, 0.717) is 22.8 Å². The Kier molecular flexibility index (Phi) is 6.92. The number of nitrogens with one attached hydrogen (secondary N) is 4. The molecule has 0 aromatic carbocycles. The van der Waals surface area contributed by atoms with Crippen LogP contribution in [0, 0.1) is 5.92 Å². The van der Waals surface area contributed by atoms with E-state index in [4.69, 9.17) is 11.6 Å². The summed E-state index contributed by atoms with van der Waals surface area (Å²) in [6.07, 6.45) is 10.3. The lowest BCUT2D eigenvalue weighted by molar-refractivity contribution is -0.125. The zero-order chi connectivity index (χ0) is 21.8. The van der Waals surface area contributed by atoms with Crippen LogP contribution in [0.5, 0.6) is 0 Å². The van der Waals surface area contributed by atoms with E-state index in [0.717, 1.165) is 50.9 Å². The van der Waals surface area contributed by atoms with Gasteiger partial charge in [-0.05, 0) is 52.6 Å². The lowest BCUT2D eigenvalue weighted by atomic mass is 10.0. The first-order valence-electron chi connectivity index (χ1n) is 11.1. The van der Waals surface area contributed by atoms with E-state index >= 15 is 0 Å². The van der Waals surface area contributed by atoms with Gasteiger partial charge in [0.15, 0.2) is 5.82 Å². The van der Waals surface area contributed by atoms with Crippen molar-refractivity contribution in [1.82, 2.24) is 30.4 Å². The minimum Gasteiger partial charge on any atom is -0.365 e. The highest BCUT2D eigenvalue weighted by molar-refractivity contribution is 6.32. The van der Waals surface area contributed by atoms with Gasteiger partial charge in [-0.3, -0.25) is 9.48 Å². The van der Waals surface area contributed by atoms with Gasteiger partial charge in [0.2, 0.25) is 11.9 Å². The molecule has 1 amide bonds. The molecule has 0 unspecified atom stereocenters. The van der Waals surface area contributed by atoms with Crippen molar-refractivity contribution in [2.24, 2.45) is 5.92 Å². The molecule has 1 saturated carbocycles. The smallest absolute Gasteiger partial charge is 0.229 e. The first kappa shape index (κ1) is 21.8. The Balaban J connectivity index is 1.42. The molecule has 2 aromatic rings. The van der Waals surface area contributed by atoms with E-state index < -0.39 is 0 Å². The molecular formula is C21H31ClN8O. The minimum absolute atomic E-state index is 0.00154. The first-order valence-corrected chi connectivity index (χ1v) is 11.5. The maximum absolute atomic E-state index is 12.5. The summed E-state index contributed by atoms with van der Waals surface area (Å²) in [5.74, 6) is 0.976. The second-order valence-corrected chi connectivity index (χ2v) is 9.06. The van der Waals surface area contributed by atoms with Crippen LogP contribution in [0.1, 0.15) is 52.0 Å². The number of hydrogen-bond acceptors (Lipinski definition) is 7. The lowest BCUT2D eigenvalue weighted by Crippen LogP contribution is -2.41. The Morgan fingerprint density at radius 3 is 2.81 bits per heavy atom. The Morgan fingerprint density at radius 1 is 1.23 bits per heavy atom. The maximum Gasteiger partial charge on any atom is 0.229 e. The SMILES string of the molecule is CC(C)NC(=O)[C@H]1CCC[C@H]1Nc1nc(Nc2cnn(C3CCNCC3)c2)ncc1Cl. The molecule has 1 aliphatic heterocycles. The molecule has 4 rings (SSSR count). The van der Waals surface area contributed by atoms with E-state index in [1.165, 1.54) is 0 Å². The summed E-state index contributed by atoms with van der Waals surface area (Å²) in [6.45, 7) is 5.98. The Hall–Kier alpha value is -2.39. The van der Waals surface area contributed by atoms with Crippen LogP contribution in [-0.2, 0) is 4.79 Å². The molecule has 2 atom stereocenters. The number of anilines is 3. The Morgan fingerprint density at radius 2 is 2.03 bits per heavy atom. The average molecular weight is 447 g/mol. The molecule has 4 N–H and O–H groups in total. The highest BCUT2D eigenvalue weighted by Crippen LogP contribution is 2.31. The van der Waals surface area contributed by atoms with Gasteiger partial charge in [0.25, 0.3) is 0 Å². The number of amides is 1. The molecule has 0 radical (unpaired) electrons. The number of rotatable bonds is 7. The van der Waals surface area contributed by atoms with Crippen molar-refractivity contribution in [3.63, 3.8) is 0 Å². The molecule has 9 nitrogen and oxygen atoms in total. The molecule has 168 valence electrons. The molecule has 0 spiro atoms. The quantitative estimate of drug-likeness (QED) is 0.517. The molecule has 1 aliphatic carbocycles. The van der Waals surface area contributed by atoms with Crippen LogP contribution < -0.4 is 21.3 Å². The van der Waals surface area contributed by atoms with Gasteiger partial charge in [-0.1, -0.05) is 18.0 Å². The van der Waals surface area contributed by atoms with E-state index in [1.54, 1.807) is 12.4 Å². The van der Waals surface area contributed by atoms with E-state index in [-0.39, 0.29) is 23.9 Å². The molecule has 2 aromatic heterocycles. The normalized spacial score (nSPS) is 21.9. The fourth-order valence-electron chi connectivity index (χ4n) is 4.34. The van der Waals surface area contributed by atoms with Gasteiger partial charge in [0.05, 0.1) is 30.0 Å². The zero-order valence-electron chi connectivity index (χ0n) is 18.1. The van der Waals surface area contributed by atoms with Crippen molar-refractivity contribution < 1.29 is 4.79 Å². The number of aromatic nitrogens is 4. The first-order chi connectivity index (χ1) is 15.0. The second-order valence-electron chi connectivity index (χ2n) is 8.66. The molecule has 3 heterocycles. The van der Waals surface area contributed by atoms with Gasteiger partial charge >= 0.3 is 0 Å². The topological polar surface area (TPSA) is 109 Å². The predicted molar refractivity (Wildman–Crippen MR) is 122 cm³/mol. The van der Waals surface area contributed by atoms with Gasteiger partial charge in [-0.15, -0.1) is 0 Å². The lowest BCUT2D eigenvalue weighted by Gasteiger charge is -2.23. The van der Waals surface area contributed by atoms with Crippen molar-refractivity contribution >= 4 is 35.0 Å². The van der Waals surface area contributed by atoms with E-state index in [9.17, 15) is 4.79 Å². The summed E-state index contributed by atoms with van der Waals surface area (Å²) in [7, 11) is 0. The van der Waals surface area contributed by atoms with Crippen LogP contribution in [-0.4, -0.2) is 50.8 Å². The molecule has 10 heteroatoms. The molecule has 0 bridgehead atoms. The molecule has 2 fully saturated rings. The number of carbonyl (C=O) groups is 1.